The van der Waals surface area contributed by atoms with Crippen molar-refractivity contribution in [2.45, 2.75) is 51.9 Å². The van der Waals surface area contributed by atoms with Crippen LogP contribution in [0.1, 0.15) is 54.1 Å². The minimum absolute atomic E-state index is 0.169. The van der Waals surface area contributed by atoms with E-state index < -0.39 is 11.6 Å². The van der Waals surface area contributed by atoms with E-state index in [0.29, 0.717) is 55.4 Å². The number of nitrogens with zero attached hydrogens (tertiary/aromatic N) is 5. The third kappa shape index (κ3) is 5.57. The van der Waals surface area contributed by atoms with Gasteiger partial charge in [-0.15, -0.1) is 0 Å². The maximum Gasteiger partial charge on any atom is 0.410 e. The third-order valence-electron chi connectivity index (χ3n) is 6.38. The molecule has 198 valence electrons. The van der Waals surface area contributed by atoms with Gasteiger partial charge >= 0.3 is 6.09 Å². The first-order valence-electron chi connectivity index (χ1n) is 12.5. The van der Waals surface area contributed by atoms with Crippen molar-refractivity contribution in [2.75, 3.05) is 19.8 Å². The van der Waals surface area contributed by atoms with Crippen LogP contribution in [0.2, 0.25) is 0 Å². The summed E-state index contributed by atoms with van der Waals surface area (Å²) in [5.74, 6) is 0.0805. The smallest absolute Gasteiger partial charge is 0.410 e. The zero-order valence-electron chi connectivity index (χ0n) is 21.6. The Bertz CT molecular complexity index is 1420. The Hall–Kier alpha value is -4.12. The van der Waals surface area contributed by atoms with Gasteiger partial charge in [-0.3, -0.25) is 14.2 Å². The van der Waals surface area contributed by atoms with Gasteiger partial charge in [0.1, 0.15) is 23.8 Å². The summed E-state index contributed by atoms with van der Waals surface area (Å²) in [6.07, 6.45) is 3.28. The van der Waals surface area contributed by atoms with Crippen LogP contribution in [-0.2, 0) is 29.0 Å². The van der Waals surface area contributed by atoms with Crippen LogP contribution in [0.4, 0.5) is 4.79 Å². The number of rotatable bonds is 3. The molecule has 0 fully saturated rings. The Morgan fingerprint density at radius 1 is 1.11 bits per heavy atom. The first kappa shape index (κ1) is 25.5. The highest BCUT2D eigenvalue weighted by Gasteiger charge is 2.28. The molecular formula is C27H30N6O5. The molecule has 11 nitrogen and oxygen atoms in total. The molecule has 0 spiro atoms. The molecule has 2 aliphatic heterocycles. The van der Waals surface area contributed by atoms with Crippen molar-refractivity contribution in [3.63, 3.8) is 0 Å². The van der Waals surface area contributed by atoms with E-state index in [0.717, 1.165) is 11.1 Å². The average Bonchev–Trinajstić information content (AvgIpc) is 3.10. The third-order valence-corrected chi connectivity index (χ3v) is 6.38. The second-order valence-electron chi connectivity index (χ2n) is 10.3. The minimum Gasteiger partial charge on any atom is -0.444 e. The zero-order chi connectivity index (χ0) is 26.9. The quantitative estimate of drug-likeness (QED) is 0.560. The number of hydrogen-bond donors (Lipinski definition) is 1. The standard InChI is InChI=1S/C27H30N6O5/c1-27(2,3)38-26(36)32-9-7-17-4-5-18(12-19(17)14-32)25(35)31-22-15-37-11-10-33-23(34)13-21(30-24(22)33)20-6-8-28-16-29-20/h4-6,8,12-13,16,22H,7,9-11,14-15H2,1-3H3,(H,31,35). The molecule has 1 aromatic carbocycles. The lowest BCUT2D eigenvalue weighted by Crippen LogP contribution is -2.40. The lowest BCUT2D eigenvalue weighted by Gasteiger charge is -2.31. The molecule has 4 heterocycles. The molecule has 38 heavy (non-hydrogen) atoms. The van der Waals surface area contributed by atoms with Gasteiger partial charge in [0.05, 0.1) is 31.1 Å². The molecule has 0 bridgehead atoms. The van der Waals surface area contributed by atoms with Gasteiger partial charge in [0.15, 0.2) is 0 Å². The molecule has 0 saturated carbocycles. The van der Waals surface area contributed by atoms with Gasteiger partial charge in [0, 0.05) is 30.9 Å². The fraction of sp³-hybridized carbons (Fsp3) is 0.407. The van der Waals surface area contributed by atoms with Crippen LogP contribution >= 0.6 is 0 Å². The van der Waals surface area contributed by atoms with Crippen LogP contribution < -0.4 is 10.9 Å². The van der Waals surface area contributed by atoms with E-state index in [1.165, 1.54) is 17.0 Å². The van der Waals surface area contributed by atoms with Crippen molar-refractivity contribution in [2.24, 2.45) is 0 Å². The maximum absolute atomic E-state index is 13.4. The van der Waals surface area contributed by atoms with Crippen molar-refractivity contribution >= 4 is 12.0 Å². The van der Waals surface area contributed by atoms with E-state index in [2.05, 4.69) is 20.3 Å². The number of ether oxygens (including phenoxy) is 2. The Morgan fingerprint density at radius 2 is 1.95 bits per heavy atom. The normalized spacial score (nSPS) is 17.1. The van der Waals surface area contributed by atoms with E-state index >= 15 is 0 Å². The van der Waals surface area contributed by atoms with Gasteiger partial charge in [-0.25, -0.2) is 19.7 Å². The summed E-state index contributed by atoms with van der Waals surface area (Å²) in [4.78, 5) is 53.3. The predicted octanol–water partition coefficient (Wildman–Crippen LogP) is 2.49. The molecule has 2 aliphatic rings. The zero-order valence-corrected chi connectivity index (χ0v) is 21.6. The molecule has 0 radical (unpaired) electrons. The highest BCUT2D eigenvalue weighted by atomic mass is 16.6. The monoisotopic (exact) mass is 518 g/mol. The first-order chi connectivity index (χ1) is 18.2. The van der Waals surface area contributed by atoms with Gasteiger partial charge in [-0.1, -0.05) is 6.07 Å². The second kappa shape index (κ2) is 10.3. The number of fused-ring (bicyclic) bond motifs is 2. The topological polar surface area (TPSA) is 129 Å². The minimum atomic E-state index is -0.645. The van der Waals surface area contributed by atoms with E-state index in [1.807, 2.05) is 26.8 Å². The SMILES string of the molecule is CC(C)(C)OC(=O)N1CCc2ccc(C(=O)NC3COCCn4c3nc(-c3ccncn3)cc4=O)cc2C1. The molecule has 3 aromatic rings. The highest BCUT2D eigenvalue weighted by Crippen LogP contribution is 2.24. The molecule has 5 rings (SSSR count). The van der Waals surface area contributed by atoms with E-state index in [1.54, 1.807) is 29.3 Å². The molecule has 11 heteroatoms. The summed E-state index contributed by atoms with van der Waals surface area (Å²) < 4.78 is 12.7. The summed E-state index contributed by atoms with van der Waals surface area (Å²) in [7, 11) is 0. The molecule has 2 amide bonds. The number of amides is 2. The summed E-state index contributed by atoms with van der Waals surface area (Å²) in [5.41, 5.74) is 2.52. The van der Waals surface area contributed by atoms with Crippen LogP contribution in [0.25, 0.3) is 11.4 Å². The lowest BCUT2D eigenvalue weighted by atomic mass is 9.97. The van der Waals surface area contributed by atoms with Crippen LogP contribution in [0.15, 0.2) is 47.7 Å². The highest BCUT2D eigenvalue weighted by molar-refractivity contribution is 5.94. The second-order valence-corrected chi connectivity index (χ2v) is 10.3. The Morgan fingerprint density at radius 3 is 2.71 bits per heavy atom. The van der Waals surface area contributed by atoms with Gasteiger partial charge in [-0.05, 0) is 56.5 Å². The molecule has 2 aromatic heterocycles. The Balaban J connectivity index is 1.38. The molecule has 0 saturated heterocycles. The number of hydrogen-bond acceptors (Lipinski definition) is 8. The largest absolute Gasteiger partial charge is 0.444 e. The Labute approximate surface area is 219 Å². The summed E-state index contributed by atoms with van der Waals surface area (Å²) in [6.45, 7) is 7.24. The summed E-state index contributed by atoms with van der Waals surface area (Å²) >= 11 is 0. The van der Waals surface area contributed by atoms with Gasteiger partial charge in [-0.2, -0.15) is 0 Å². The van der Waals surface area contributed by atoms with E-state index in [4.69, 9.17) is 9.47 Å². The maximum atomic E-state index is 13.4. The Kier molecular flexibility index (Phi) is 6.94. The average molecular weight is 519 g/mol. The molecule has 0 aliphatic carbocycles. The number of carbonyl (C=O) groups is 2. The van der Waals surface area contributed by atoms with Crippen LogP contribution in [0.3, 0.4) is 0 Å². The van der Waals surface area contributed by atoms with Crippen LogP contribution in [0, 0.1) is 0 Å². The fourth-order valence-corrected chi connectivity index (χ4v) is 4.55. The van der Waals surface area contributed by atoms with Gasteiger partial charge in [0.25, 0.3) is 11.5 Å². The van der Waals surface area contributed by atoms with Crippen LogP contribution in [0.5, 0.6) is 0 Å². The van der Waals surface area contributed by atoms with Crippen molar-refractivity contribution in [1.29, 1.82) is 0 Å². The molecular weight excluding hydrogens is 488 g/mol. The number of aromatic nitrogens is 4. The van der Waals surface area contributed by atoms with E-state index in [9.17, 15) is 14.4 Å². The fourth-order valence-electron chi connectivity index (χ4n) is 4.55. The van der Waals surface area contributed by atoms with Crippen molar-refractivity contribution in [3.8, 4) is 11.4 Å². The summed E-state index contributed by atoms with van der Waals surface area (Å²) in [6, 6.07) is 7.95. The summed E-state index contributed by atoms with van der Waals surface area (Å²) in [5, 5.41) is 2.98. The van der Waals surface area contributed by atoms with Crippen molar-refractivity contribution in [3.05, 3.63) is 75.7 Å². The van der Waals surface area contributed by atoms with Crippen molar-refractivity contribution in [1.82, 2.24) is 29.7 Å². The molecule has 1 atom stereocenters. The number of benzene rings is 1. The number of carbonyl (C=O) groups excluding carboxylic acids is 2. The molecule has 1 unspecified atom stereocenters. The number of nitrogens with one attached hydrogen (secondary N) is 1. The van der Waals surface area contributed by atoms with Gasteiger partial charge < -0.3 is 19.7 Å². The van der Waals surface area contributed by atoms with Gasteiger partial charge in [0.2, 0.25) is 0 Å². The molecule has 1 N–H and O–H groups in total. The van der Waals surface area contributed by atoms with Crippen molar-refractivity contribution < 1.29 is 19.1 Å². The van der Waals surface area contributed by atoms with Crippen LogP contribution in [-0.4, -0.2) is 61.8 Å². The lowest BCUT2D eigenvalue weighted by molar-refractivity contribution is 0.0224. The van der Waals surface area contributed by atoms with E-state index in [-0.39, 0.29) is 24.2 Å². The predicted molar refractivity (Wildman–Crippen MR) is 137 cm³/mol. The first-order valence-corrected chi connectivity index (χ1v) is 12.5.